The summed E-state index contributed by atoms with van der Waals surface area (Å²) in [6.07, 6.45) is 1.75. The molecule has 0 saturated carbocycles. The van der Waals surface area contributed by atoms with Gasteiger partial charge in [-0.3, -0.25) is 9.48 Å². The van der Waals surface area contributed by atoms with Gasteiger partial charge in [0.25, 0.3) is 5.91 Å². The lowest BCUT2D eigenvalue weighted by Gasteiger charge is -2.01. The van der Waals surface area contributed by atoms with E-state index in [1.165, 1.54) is 0 Å². The van der Waals surface area contributed by atoms with E-state index in [1.54, 1.807) is 35.3 Å². The van der Waals surface area contributed by atoms with Crippen molar-refractivity contribution < 1.29 is 4.79 Å². The zero-order valence-electron chi connectivity index (χ0n) is 11.6. The predicted octanol–water partition coefficient (Wildman–Crippen LogP) is 2.24. The molecule has 0 unspecified atom stereocenters. The summed E-state index contributed by atoms with van der Waals surface area (Å²) in [6, 6.07) is 1.70. The van der Waals surface area contributed by atoms with Crippen LogP contribution < -0.4 is 5.32 Å². The van der Waals surface area contributed by atoms with Crippen LogP contribution in [0.1, 0.15) is 45.8 Å². The number of hydrogen-bond donors (Lipinski definition) is 1. The molecule has 0 radical (unpaired) electrons. The number of nitrogens with one attached hydrogen (secondary N) is 1. The van der Waals surface area contributed by atoms with Crippen LogP contribution in [0.4, 0.5) is 0 Å². The SMILES string of the molecule is Cc1nc(C(C)C)sc1CNC(=O)c1ccn(C)n1. The van der Waals surface area contributed by atoms with E-state index in [1.807, 2.05) is 6.92 Å². The number of carbonyl (C=O) groups is 1. The van der Waals surface area contributed by atoms with Gasteiger partial charge in [0.2, 0.25) is 0 Å². The van der Waals surface area contributed by atoms with Crippen LogP contribution in [0.25, 0.3) is 0 Å². The topological polar surface area (TPSA) is 59.8 Å². The summed E-state index contributed by atoms with van der Waals surface area (Å²) < 4.78 is 1.61. The first-order valence-electron chi connectivity index (χ1n) is 6.21. The molecule has 0 fully saturated rings. The fourth-order valence-electron chi connectivity index (χ4n) is 1.65. The first-order chi connectivity index (χ1) is 8.97. The molecule has 0 aliphatic rings. The zero-order chi connectivity index (χ0) is 14.0. The Morgan fingerprint density at radius 1 is 1.53 bits per heavy atom. The summed E-state index contributed by atoms with van der Waals surface area (Å²) in [5, 5.41) is 8.06. The highest BCUT2D eigenvalue weighted by Gasteiger charge is 2.13. The Bertz CT molecular complexity index is 585. The van der Waals surface area contributed by atoms with E-state index in [4.69, 9.17) is 0 Å². The molecular weight excluding hydrogens is 260 g/mol. The number of aryl methyl sites for hydroxylation is 2. The van der Waals surface area contributed by atoms with Gasteiger partial charge in [-0.05, 0) is 13.0 Å². The van der Waals surface area contributed by atoms with Gasteiger partial charge >= 0.3 is 0 Å². The zero-order valence-corrected chi connectivity index (χ0v) is 12.4. The summed E-state index contributed by atoms with van der Waals surface area (Å²) in [5.74, 6) is 0.267. The molecule has 19 heavy (non-hydrogen) atoms. The molecule has 0 atom stereocenters. The van der Waals surface area contributed by atoms with Crippen LogP contribution in [0.3, 0.4) is 0 Å². The molecule has 0 spiro atoms. The molecule has 0 aliphatic carbocycles. The Kier molecular flexibility index (Phi) is 3.99. The minimum Gasteiger partial charge on any atom is -0.346 e. The third-order valence-electron chi connectivity index (χ3n) is 2.76. The Hall–Kier alpha value is -1.69. The molecule has 2 rings (SSSR count). The smallest absolute Gasteiger partial charge is 0.272 e. The van der Waals surface area contributed by atoms with Gasteiger partial charge in [0.15, 0.2) is 0 Å². The fraction of sp³-hybridized carbons (Fsp3) is 0.462. The van der Waals surface area contributed by atoms with Crippen LogP contribution >= 0.6 is 11.3 Å². The summed E-state index contributed by atoms with van der Waals surface area (Å²) in [4.78, 5) is 17.5. The van der Waals surface area contributed by atoms with Crippen molar-refractivity contribution >= 4 is 17.2 Å². The van der Waals surface area contributed by atoms with Crippen LogP contribution in [-0.4, -0.2) is 20.7 Å². The molecule has 2 heterocycles. The molecule has 6 heteroatoms. The van der Waals surface area contributed by atoms with E-state index in [-0.39, 0.29) is 5.91 Å². The second-order valence-corrected chi connectivity index (χ2v) is 5.89. The number of carbonyl (C=O) groups excluding carboxylic acids is 1. The van der Waals surface area contributed by atoms with Gasteiger partial charge in [0.05, 0.1) is 17.2 Å². The Balaban J connectivity index is 2.01. The first-order valence-corrected chi connectivity index (χ1v) is 7.03. The Labute approximate surface area is 116 Å². The highest BCUT2D eigenvalue weighted by Crippen LogP contribution is 2.24. The molecular formula is C13H18N4OS. The molecule has 2 aromatic heterocycles. The van der Waals surface area contributed by atoms with Crippen LogP contribution in [0.15, 0.2) is 12.3 Å². The van der Waals surface area contributed by atoms with E-state index < -0.39 is 0 Å². The van der Waals surface area contributed by atoms with E-state index >= 15 is 0 Å². The molecule has 0 aromatic carbocycles. The lowest BCUT2D eigenvalue weighted by atomic mass is 10.2. The second-order valence-electron chi connectivity index (χ2n) is 4.77. The first kappa shape index (κ1) is 13.7. The molecule has 5 nitrogen and oxygen atoms in total. The molecule has 1 amide bonds. The van der Waals surface area contributed by atoms with Crippen LogP contribution in [0.5, 0.6) is 0 Å². The van der Waals surface area contributed by atoms with Gasteiger partial charge in [-0.15, -0.1) is 11.3 Å². The number of rotatable bonds is 4. The summed E-state index contributed by atoms with van der Waals surface area (Å²) in [5.41, 5.74) is 1.43. The lowest BCUT2D eigenvalue weighted by Crippen LogP contribution is -2.23. The van der Waals surface area contributed by atoms with Crippen molar-refractivity contribution in [1.29, 1.82) is 0 Å². The summed E-state index contributed by atoms with van der Waals surface area (Å²) >= 11 is 1.66. The maximum Gasteiger partial charge on any atom is 0.272 e. The van der Waals surface area contributed by atoms with Crippen LogP contribution in [0, 0.1) is 6.92 Å². The number of hydrogen-bond acceptors (Lipinski definition) is 4. The van der Waals surface area contributed by atoms with Crippen molar-refractivity contribution in [2.75, 3.05) is 0 Å². The average Bonchev–Trinajstić information content (AvgIpc) is 2.93. The van der Waals surface area contributed by atoms with Crippen molar-refractivity contribution in [2.24, 2.45) is 7.05 Å². The van der Waals surface area contributed by atoms with E-state index in [0.29, 0.717) is 18.2 Å². The average molecular weight is 278 g/mol. The molecule has 0 bridgehead atoms. The summed E-state index contributed by atoms with van der Waals surface area (Å²) in [7, 11) is 1.79. The van der Waals surface area contributed by atoms with Crippen molar-refractivity contribution in [3.8, 4) is 0 Å². The normalized spacial score (nSPS) is 11.0. The van der Waals surface area contributed by atoms with Crippen molar-refractivity contribution in [2.45, 2.75) is 33.2 Å². The third-order valence-corrected chi connectivity index (χ3v) is 4.22. The third kappa shape index (κ3) is 3.20. The van der Waals surface area contributed by atoms with Gasteiger partial charge in [0, 0.05) is 24.0 Å². The van der Waals surface area contributed by atoms with Gasteiger partial charge in [-0.25, -0.2) is 4.98 Å². The largest absolute Gasteiger partial charge is 0.346 e. The van der Waals surface area contributed by atoms with Gasteiger partial charge in [0.1, 0.15) is 5.69 Å². The number of nitrogens with zero attached hydrogens (tertiary/aromatic N) is 3. The van der Waals surface area contributed by atoms with Gasteiger partial charge in [-0.2, -0.15) is 5.10 Å². The molecule has 0 aliphatic heterocycles. The number of amides is 1. The Morgan fingerprint density at radius 3 is 2.79 bits per heavy atom. The molecule has 1 N–H and O–H groups in total. The maximum absolute atomic E-state index is 11.9. The van der Waals surface area contributed by atoms with Gasteiger partial charge in [-0.1, -0.05) is 13.8 Å². The highest BCUT2D eigenvalue weighted by molar-refractivity contribution is 7.11. The van der Waals surface area contributed by atoms with Crippen molar-refractivity contribution in [3.05, 3.63) is 33.5 Å². The quantitative estimate of drug-likeness (QED) is 0.933. The minimum absolute atomic E-state index is 0.153. The van der Waals surface area contributed by atoms with E-state index in [2.05, 4.69) is 29.2 Å². The highest BCUT2D eigenvalue weighted by atomic mass is 32.1. The predicted molar refractivity (Wildman–Crippen MR) is 75.3 cm³/mol. The number of thiazole rings is 1. The maximum atomic E-state index is 11.9. The molecule has 0 saturated heterocycles. The van der Waals surface area contributed by atoms with Crippen molar-refractivity contribution in [3.63, 3.8) is 0 Å². The van der Waals surface area contributed by atoms with Crippen LogP contribution in [0.2, 0.25) is 0 Å². The lowest BCUT2D eigenvalue weighted by molar-refractivity contribution is 0.0945. The van der Waals surface area contributed by atoms with Crippen LogP contribution in [-0.2, 0) is 13.6 Å². The monoisotopic (exact) mass is 278 g/mol. The minimum atomic E-state index is -0.153. The summed E-state index contributed by atoms with van der Waals surface area (Å²) in [6.45, 7) is 6.72. The molecule has 2 aromatic rings. The number of aromatic nitrogens is 3. The fourth-order valence-corrected chi connectivity index (χ4v) is 2.66. The second kappa shape index (κ2) is 5.52. The standard InChI is InChI=1S/C13H18N4OS/c1-8(2)13-15-9(3)11(19-13)7-14-12(18)10-5-6-17(4)16-10/h5-6,8H,7H2,1-4H3,(H,14,18). The molecule has 102 valence electrons. The van der Waals surface area contributed by atoms with Gasteiger partial charge < -0.3 is 5.32 Å². The van der Waals surface area contributed by atoms with E-state index in [0.717, 1.165) is 15.6 Å². The van der Waals surface area contributed by atoms with E-state index in [9.17, 15) is 4.79 Å². The van der Waals surface area contributed by atoms with Crippen molar-refractivity contribution in [1.82, 2.24) is 20.1 Å². The Morgan fingerprint density at radius 2 is 2.26 bits per heavy atom.